The van der Waals surface area contributed by atoms with E-state index in [4.69, 9.17) is 0 Å². The molecule has 0 saturated heterocycles. The highest BCUT2D eigenvalue weighted by Crippen LogP contribution is 2.01. The number of rotatable bonds is 5. The first-order valence-electron chi connectivity index (χ1n) is 4.70. The third-order valence-corrected chi connectivity index (χ3v) is 2.12. The molecule has 0 bridgehead atoms. The predicted molar refractivity (Wildman–Crippen MR) is 52.3 cm³/mol. The van der Waals surface area contributed by atoms with Gasteiger partial charge in [-0.1, -0.05) is 34.1 Å². The molecule has 1 nitrogen and oxygen atoms in total. The van der Waals surface area contributed by atoms with Gasteiger partial charge < -0.3 is 0 Å². The Labute approximate surface area is 70.9 Å². The van der Waals surface area contributed by atoms with E-state index in [2.05, 4.69) is 38.9 Å². The normalized spacial score (nSPS) is 17.1. The van der Waals surface area contributed by atoms with Crippen molar-refractivity contribution in [2.75, 3.05) is 6.54 Å². The molecule has 0 N–H and O–H groups in total. The molecule has 0 spiro atoms. The molecule has 0 fully saturated rings. The summed E-state index contributed by atoms with van der Waals surface area (Å²) in [6.45, 7) is 9.86. The second-order valence-corrected chi connectivity index (χ2v) is 3.41. The van der Waals surface area contributed by atoms with Gasteiger partial charge in [0.25, 0.3) is 0 Å². The fourth-order valence-corrected chi connectivity index (χ4v) is 0.655. The van der Waals surface area contributed by atoms with Crippen LogP contribution in [-0.2, 0) is 0 Å². The van der Waals surface area contributed by atoms with Crippen LogP contribution in [0, 0.1) is 11.8 Å². The minimum absolute atomic E-state index is 0.652. The smallest absolute Gasteiger partial charge is 0.0411 e. The highest BCUT2D eigenvalue weighted by molar-refractivity contribution is 5.59. The summed E-state index contributed by atoms with van der Waals surface area (Å²) in [5.41, 5.74) is 0. The molecule has 0 amide bonds. The van der Waals surface area contributed by atoms with Crippen LogP contribution in [0.4, 0.5) is 0 Å². The summed E-state index contributed by atoms with van der Waals surface area (Å²) in [5.74, 6) is 1.40. The van der Waals surface area contributed by atoms with Gasteiger partial charge in [0.15, 0.2) is 0 Å². The SMILES string of the molecule is CCC(C)C=NCC(C)CC. The van der Waals surface area contributed by atoms with Gasteiger partial charge in [0, 0.05) is 12.8 Å². The van der Waals surface area contributed by atoms with Crippen molar-refractivity contribution in [2.24, 2.45) is 16.8 Å². The lowest BCUT2D eigenvalue weighted by molar-refractivity contribution is 0.575. The van der Waals surface area contributed by atoms with E-state index in [-0.39, 0.29) is 0 Å². The van der Waals surface area contributed by atoms with E-state index in [1.54, 1.807) is 0 Å². The highest BCUT2D eigenvalue weighted by atomic mass is 14.7. The molecule has 0 aromatic carbocycles. The van der Waals surface area contributed by atoms with Crippen molar-refractivity contribution in [2.45, 2.75) is 40.5 Å². The van der Waals surface area contributed by atoms with Crippen molar-refractivity contribution < 1.29 is 0 Å². The van der Waals surface area contributed by atoms with Gasteiger partial charge in [0.2, 0.25) is 0 Å². The largest absolute Gasteiger partial charge is 0.297 e. The fourth-order valence-electron chi connectivity index (χ4n) is 0.655. The van der Waals surface area contributed by atoms with Crippen molar-refractivity contribution in [1.29, 1.82) is 0 Å². The fraction of sp³-hybridized carbons (Fsp3) is 0.900. The van der Waals surface area contributed by atoms with Crippen LogP contribution in [0.3, 0.4) is 0 Å². The summed E-state index contributed by atoms with van der Waals surface area (Å²) >= 11 is 0. The summed E-state index contributed by atoms with van der Waals surface area (Å²) in [6.07, 6.45) is 4.52. The van der Waals surface area contributed by atoms with Crippen molar-refractivity contribution in [3.05, 3.63) is 0 Å². The van der Waals surface area contributed by atoms with Crippen LogP contribution in [0.5, 0.6) is 0 Å². The van der Waals surface area contributed by atoms with E-state index in [1.165, 1.54) is 12.8 Å². The molecule has 0 aliphatic rings. The maximum atomic E-state index is 4.39. The molecule has 0 saturated carbocycles. The van der Waals surface area contributed by atoms with Crippen LogP contribution in [0.2, 0.25) is 0 Å². The van der Waals surface area contributed by atoms with Crippen molar-refractivity contribution in [3.8, 4) is 0 Å². The van der Waals surface area contributed by atoms with Gasteiger partial charge in [-0.25, -0.2) is 0 Å². The first-order chi connectivity index (χ1) is 5.20. The average molecular weight is 155 g/mol. The Kier molecular flexibility index (Phi) is 6.19. The van der Waals surface area contributed by atoms with E-state index < -0.39 is 0 Å². The number of nitrogens with zero attached hydrogens (tertiary/aromatic N) is 1. The minimum Gasteiger partial charge on any atom is -0.297 e. The number of hydrogen-bond donors (Lipinski definition) is 0. The third kappa shape index (κ3) is 6.08. The molecule has 1 heteroatoms. The quantitative estimate of drug-likeness (QED) is 0.541. The number of aliphatic imine (C=N–C) groups is 1. The second-order valence-electron chi connectivity index (χ2n) is 3.41. The van der Waals surface area contributed by atoms with Gasteiger partial charge in [0.1, 0.15) is 0 Å². The summed E-state index contributed by atoms with van der Waals surface area (Å²) in [7, 11) is 0. The average Bonchev–Trinajstić information content (AvgIpc) is 2.04. The van der Waals surface area contributed by atoms with Crippen LogP contribution in [0.15, 0.2) is 4.99 Å². The molecule has 0 radical (unpaired) electrons. The zero-order chi connectivity index (χ0) is 8.69. The molecule has 2 unspecified atom stereocenters. The van der Waals surface area contributed by atoms with Crippen molar-refractivity contribution in [3.63, 3.8) is 0 Å². The van der Waals surface area contributed by atoms with E-state index in [1.807, 2.05) is 0 Å². The van der Waals surface area contributed by atoms with Crippen molar-refractivity contribution >= 4 is 6.21 Å². The second kappa shape index (κ2) is 6.38. The zero-order valence-electron chi connectivity index (χ0n) is 8.30. The summed E-state index contributed by atoms with van der Waals surface area (Å²) in [5, 5.41) is 0. The molecular formula is C10H21N. The van der Waals surface area contributed by atoms with E-state index in [9.17, 15) is 0 Å². The standard InChI is InChI=1S/C10H21N/c1-5-9(3)7-11-8-10(4)6-2/h7,9-10H,5-6,8H2,1-4H3. The Morgan fingerprint density at radius 1 is 1.18 bits per heavy atom. The maximum absolute atomic E-state index is 4.39. The topological polar surface area (TPSA) is 12.4 Å². The Morgan fingerprint density at radius 3 is 2.27 bits per heavy atom. The van der Waals surface area contributed by atoms with Gasteiger partial charge in [-0.05, 0) is 18.3 Å². The van der Waals surface area contributed by atoms with Crippen LogP contribution >= 0.6 is 0 Å². The Bertz CT molecular complexity index is 107. The van der Waals surface area contributed by atoms with Gasteiger partial charge >= 0.3 is 0 Å². The summed E-state index contributed by atoms with van der Waals surface area (Å²) in [6, 6.07) is 0. The van der Waals surface area contributed by atoms with E-state index in [0.29, 0.717) is 5.92 Å². The number of hydrogen-bond acceptors (Lipinski definition) is 1. The lowest BCUT2D eigenvalue weighted by Gasteiger charge is -2.03. The van der Waals surface area contributed by atoms with Gasteiger partial charge in [0.05, 0.1) is 0 Å². The molecule has 0 aliphatic heterocycles. The van der Waals surface area contributed by atoms with Gasteiger partial charge in [-0.3, -0.25) is 4.99 Å². The first kappa shape index (κ1) is 10.7. The molecule has 0 aliphatic carbocycles. The van der Waals surface area contributed by atoms with Gasteiger partial charge in [-0.2, -0.15) is 0 Å². The predicted octanol–water partition coefficient (Wildman–Crippen LogP) is 3.15. The van der Waals surface area contributed by atoms with E-state index >= 15 is 0 Å². The lowest BCUT2D eigenvalue weighted by atomic mass is 10.1. The molecular weight excluding hydrogens is 134 g/mol. The third-order valence-electron chi connectivity index (χ3n) is 2.12. The van der Waals surface area contributed by atoms with Gasteiger partial charge in [-0.15, -0.1) is 0 Å². The van der Waals surface area contributed by atoms with Crippen LogP contribution < -0.4 is 0 Å². The first-order valence-corrected chi connectivity index (χ1v) is 4.70. The molecule has 0 heterocycles. The molecule has 0 aromatic heterocycles. The maximum Gasteiger partial charge on any atom is 0.0411 e. The summed E-state index contributed by atoms with van der Waals surface area (Å²) in [4.78, 5) is 4.39. The summed E-state index contributed by atoms with van der Waals surface area (Å²) < 4.78 is 0. The molecule has 66 valence electrons. The van der Waals surface area contributed by atoms with Crippen molar-refractivity contribution in [1.82, 2.24) is 0 Å². The lowest BCUT2D eigenvalue weighted by Crippen LogP contribution is -1.99. The zero-order valence-corrected chi connectivity index (χ0v) is 8.30. The molecule has 2 atom stereocenters. The van der Waals surface area contributed by atoms with E-state index in [0.717, 1.165) is 12.5 Å². The molecule has 0 rings (SSSR count). The Morgan fingerprint density at radius 2 is 1.82 bits per heavy atom. The minimum atomic E-state index is 0.652. The monoisotopic (exact) mass is 155 g/mol. The molecule has 0 aromatic rings. The van der Waals surface area contributed by atoms with Crippen LogP contribution in [-0.4, -0.2) is 12.8 Å². The Balaban J connectivity index is 3.43. The molecule has 11 heavy (non-hydrogen) atoms. The Hall–Kier alpha value is -0.330. The van der Waals surface area contributed by atoms with Crippen LogP contribution in [0.1, 0.15) is 40.5 Å². The van der Waals surface area contributed by atoms with Crippen LogP contribution in [0.25, 0.3) is 0 Å². The highest BCUT2D eigenvalue weighted by Gasteiger charge is 1.95.